The number of nitrogens with one attached hydrogen (secondary N) is 1. The summed E-state index contributed by atoms with van der Waals surface area (Å²) in [5.74, 6) is 0.150. The first-order chi connectivity index (χ1) is 15.8. The number of carbonyl (C=O) groups excluding carboxylic acids is 1. The third-order valence-electron chi connectivity index (χ3n) is 5.79. The number of sulfone groups is 1. The van der Waals surface area contributed by atoms with Crippen LogP contribution in [-0.2, 0) is 25.9 Å². The van der Waals surface area contributed by atoms with Crippen LogP contribution in [-0.4, -0.2) is 89.6 Å². The minimum Gasteiger partial charge on any atom is -0.379 e. The highest BCUT2D eigenvalue weighted by atomic mass is 32.2. The van der Waals surface area contributed by atoms with Crippen molar-refractivity contribution in [3.05, 3.63) is 30.1 Å². The summed E-state index contributed by atoms with van der Waals surface area (Å²) in [7, 11) is -3.07. The van der Waals surface area contributed by atoms with Crippen molar-refractivity contribution in [3.8, 4) is 11.4 Å². The molecule has 2 aliphatic rings. The van der Waals surface area contributed by atoms with E-state index in [1.165, 1.54) is 23.9 Å². The molecule has 2 unspecified atom stereocenters. The molecule has 33 heavy (non-hydrogen) atoms. The molecule has 1 N–H and O–H groups in total. The van der Waals surface area contributed by atoms with Gasteiger partial charge in [0.1, 0.15) is 5.82 Å². The van der Waals surface area contributed by atoms with Crippen molar-refractivity contribution in [1.82, 2.24) is 25.0 Å². The normalized spacial score (nSPS) is 21.7. The van der Waals surface area contributed by atoms with Gasteiger partial charge in [-0.2, -0.15) is 0 Å². The summed E-state index contributed by atoms with van der Waals surface area (Å²) in [6.07, 6.45) is 0.440. The van der Waals surface area contributed by atoms with Crippen LogP contribution in [0, 0.1) is 5.82 Å². The summed E-state index contributed by atoms with van der Waals surface area (Å²) in [6.45, 7) is 6.23. The van der Waals surface area contributed by atoms with Crippen LogP contribution < -0.4 is 5.32 Å². The molecule has 180 valence electrons. The van der Waals surface area contributed by atoms with Gasteiger partial charge >= 0.3 is 0 Å². The molecule has 12 heteroatoms. The average Bonchev–Trinajstić information content (AvgIpc) is 3.35. The van der Waals surface area contributed by atoms with Crippen LogP contribution in [0.1, 0.15) is 13.3 Å². The van der Waals surface area contributed by atoms with E-state index in [9.17, 15) is 17.6 Å². The fourth-order valence-corrected chi connectivity index (χ4v) is 6.45. The predicted molar refractivity (Wildman–Crippen MR) is 123 cm³/mol. The molecule has 9 nitrogen and oxygen atoms in total. The first kappa shape index (κ1) is 24.1. The molecule has 0 radical (unpaired) electrons. The van der Waals surface area contributed by atoms with Gasteiger partial charge in [0.05, 0.1) is 30.0 Å². The molecule has 4 rings (SSSR count). The Balaban J connectivity index is 1.48. The number of thioether (sulfide) groups is 1. The molecule has 0 spiro atoms. The quantitative estimate of drug-likeness (QED) is 0.543. The summed E-state index contributed by atoms with van der Waals surface area (Å²) in [6, 6.07) is 5.74. The van der Waals surface area contributed by atoms with Gasteiger partial charge in [0, 0.05) is 37.8 Å². The lowest BCUT2D eigenvalue weighted by molar-refractivity contribution is -0.120. The average molecular weight is 498 g/mol. The van der Waals surface area contributed by atoms with Gasteiger partial charge in [0.25, 0.3) is 0 Å². The number of morpholine rings is 1. The zero-order valence-corrected chi connectivity index (χ0v) is 20.1. The molecule has 2 aromatic rings. The number of carbonyl (C=O) groups is 1. The zero-order valence-electron chi connectivity index (χ0n) is 18.4. The van der Waals surface area contributed by atoms with E-state index >= 15 is 0 Å². The first-order valence-corrected chi connectivity index (χ1v) is 13.7. The molecule has 2 aliphatic heterocycles. The van der Waals surface area contributed by atoms with Gasteiger partial charge in [-0.15, -0.1) is 10.2 Å². The van der Waals surface area contributed by atoms with Crippen molar-refractivity contribution >= 4 is 27.5 Å². The molecule has 1 aromatic carbocycles. The topological polar surface area (TPSA) is 106 Å². The van der Waals surface area contributed by atoms with Crippen LogP contribution in [0.5, 0.6) is 0 Å². The number of hydrogen-bond acceptors (Lipinski definition) is 8. The number of nitrogens with zero attached hydrogens (tertiary/aromatic N) is 4. The van der Waals surface area contributed by atoms with Gasteiger partial charge in [-0.25, -0.2) is 12.8 Å². The van der Waals surface area contributed by atoms with Crippen LogP contribution in [0.15, 0.2) is 29.4 Å². The van der Waals surface area contributed by atoms with Gasteiger partial charge in [0.2, 0.25) is 5.91 Å². The second-order valence-electron chi connectivity index (χ2n) is 8.29. The summed E-state index contributed by atoms with van der Waals surface area (Å²) >= 11 is 1.28. The molecule has 2 saturated heterocycles. The van der Waals surface area contributed by atoms with Crippen molar-refractivity contribution in [1.29, 1.82) is 0 Å². The van der Waals surface area contributed by atoms with E-state index < -0.39 is 15.1 Å². The second kappa shape index (κ2) is 10.5. The standard InChI is InChI=1S/C21H28FN5O4S2/c1-15(20(28)23-18-6-13-33(29,30)14-18)32-21-25-24-19(16-2-4-17(22)5-3-16)27(21)8-7-26-9-11-31-12-10-26/h2-5,15,18H,6-14H2,1H3,(H,23,28). The first-order valence-electron chi connectivity index (χ1n) is 11.0. The Kier molecular flexibility index (Phi) is 7.67. The maximum atomic E-state index is 13.4. The number of rotatable bonds is 8. The highest BCUT2D eigenvalue weighted by Gasteiger charge is 2.30. The fraction of sp³-hybridized carbons (Fsp3) is 0.571. The van der Waals surface area contributed by atoms with E-state index in [4.69, 9.17) is 4.74 Å². The fourth-order valence-electron chi connectivity index (χ4n) is 3.90. The maximum Gasteiger partial charge on any atom is 0.233 e. The summed E-state index contributed by atoms with van der Waals surface area (Å²) in [4.78, 5) is 15.0. The molecule has 0 bridgehead atoms. The monoisotopic (exact) mass is 497 g/mol. The van der Waals surface area contributed by atoms with E-state index in [-0.39, 0.29) is 29.3 Å². The Morgan fingerprint density at radius 3 is 2.64 bits per heavy atom. The van der Waals surface area contributed by atoms with Crippen molar-refractivity contribution in [2.45, 2.75) is 36.3 Å². The number of halogens is 1. The zero-order chi connectivity index (χ0) is 23.4. The van der Waals surface area contributed by atoms with Gasteiger partial charge in [-0.1, -0.05) is 11.8 Å². The SMILES string of the molecule is CC(Sc1nnc(-c2ccc(F)cc2)n1CCN1CCOCC1)C(=O)NC1CCS(=O)(=O)C1. The van der Waals surface area contributed by atoms with Crippen LogP contribution >= 0.6 is 11.8 Å². The number of amides is 1. The Morgan fingerprint density at radius 1 is 1.24 bits per heavy atom. The number of ether oxygens (including phenoxy) is 1. The number of benzene rings is 1. The summed E-state index contributed by atoms with van der Waals surface area (Å²) in [5, 5.41) is 11.6. The number of aromatic nitrogens is 3. The van der Waals surface area contributed by atoms with Gasteiger partial charge in [-0.3, -0.25) is 9.69 Å². The predicted octanol–water partition coefficient (Wildman–Crippen LogP) is 1.20. The summed E-state index contributed by atoms with van der Waals surface area (Å²) < 4.78 is 44.2. The third kappa shape index (κ3) is 6.31. The molecular formula is C21H28FN5O4S2. The van der Waals surface area contributed by atoms with Crippen LogP contribution in [0.2, 0.25) is 0 Å². The Morgan fingerprint density at radius 2 is 1.97 bits per heavy atom. The Bertz CT molecular complexity index is 1070. The highest BCUT2D eigenvalue weighted by molar-refractivity contribution is 8.00. The molecule has 0 saturated carbocycles. The van der Waals surface area contributed by atoms with Gasteiger partial charge in [0.15, 0.2) is 20.8 Å². The van der Waals surface area contributed by atoms with Gasteiger partial charge < -0.3 is 14.6 Å². The Labute approximate surface area is 197 Å². The Hall–Kier alpha value is -2.02. The van der Waals surface area contributed by atoms with Gasteiger partial charge in [-0.05, 0) is 37.6 Å². The lowest BCUT2D eigenvalue weighted by atomic mass is 10.2. The molecule has 1 amide bonds. The van der Waals surface area contributed by atoms with E-state index in [2.05, 4.69) is 20.4 Å². The van der Waals surface area contributed by atoms with Crippen molar-refractivity contribution in [3.63, 3.8) is 0 Å². The largest absolute Gasteiger partial charge is 0.379 e. The van der Waals surface area contributed by atoms with E-state index in [0.717, 1.165) is 25.2 Å². The smallest absolute Gasteiger partial charge is 0.233 e. The summed E-state index contributed by atoms with van der Waals surface area (Å²) in [5.41, 5.74) is 0.742. The minimum atomic E-state index is -3.07. The third-order valence-corrected chi connectivity index (χ3v) is 8.64. The van der Waals surface area contributed by atoms with E-state index in [1.54, 1.807) is 19.1 Å². The van der Waals surface area contributed by atoms with Crippen molar-refractivity contribution in [2.75, 3.05) is 44.4 Å². The van der Waals surface area contributed by atoms with E-state index in [0.29, 0.717) is 37.2 Å². The maximum absolute atomic E-state index is 13.4. The van der Waals surface area contributed by atoms with Crippen LogP contribution in [0.25, 0.3) is 11.4 Å². The molecule has 2 atom stereocenters. The molecule has 1 aromatic heterocycles. The van der Waals surface area contributed by atoms with Crippen molar-refractivity contribution in [2.24, 2.45) is 0 Å². The number of hydrogen-bond donors (Lipinski definition) is 1. The second-order valence-corrected chi connectivity index (χ2v) is 11.8. The van der Waals surface area contributed by atoms with Crippen molar-refractivity contribution < 1.29 is 22.3 Å². The lowest BCUT2D eigenvalue weighted by Crippen LogP contribution is -2.40. The lowest BCUT2D eigenvalue weighted by Gasteiger charge is -2.27. The van der Waals surface area contributed by atoms with Crippen LogP contribution in [0.3, 0.4) is 0 Å². The highest BCUT2D eigenvalue weighted by Crippen LogP contribution is 2.27. The molecule has 0 aliphatic carbocycles. The molecular weight excluding hydrogens is 469 g/mol. The minimum absolute atomic E-state index is 0.0133. The molecule has 2 fully saturated rings. The molecule has 3 heterocycles. The van der Waals surface area contributed by atoms with E-state index in [1.807, 2.05) is 4.57 Å². The van der Waals surface area contributed by atoms with Crippen LogP contribution in [0.4, 0.5) is 4.39 Å².